The number of benzene rings is 1. The molecule has 0 radical (unpaired) electrons. The SMILES string of the molecule is CCCN(Cc1ccccc1)C(=O)CCBr. The predicted molar refractivity (Wildman–Crippen MR) is 70.6 cm³/mol. The highest BCUT2D eigenvalue weighted by Gasteiger charge is 2.11. The van der Waals surface area contributed by atoms with Crippen LogP contribution in [0.4, 0.5) is 0 Å². The number of alkyl halides is 1. The summed E-state index contributed by atoms with van der Waals surface area (Å²) in [6, 6.07) is 10.1. The minimum absolute atomic E-state index is 0.225. The Balaban J connectivity index is 2.60. The van der Waals surface area contributed by atoms with Crippen LogP contribution in [0.2, 0.25) is 0 Å². The minimum atomic E-state index is 0.225. The molecule has 0 aliphatic rings. The van der Waals surface area contributed by atoms with Gasteiger partial charge in [0.1, 0.15) is 0 Å². The highest BCUT2D eigenvalue weighted by atomic mass is 79.9. The van der Waals surface area contributed by atoms with E-state index in [1.807, 2.05) is 23.1 Å². The van der Waals surface area contributed by atoms with Crippen LogP contribution in [0.3, 0.4) is 0 Å². The summed E-state index contributed by atoms with van der Waals surface area (Å²) in [6.45, 7) is 3.65. The van der Waals surface area contributed by atoms with E-state index in [1.165, 1.54) is 5.56 Å². The maximum atomic E-state index is 11.8. The molecule has 16 heavy (non-hydrogen) atoms. The van der Waals surface area contributed by atoms with Crippen LogP contribution in [0.15, 0.2) is 30.3 Å². The van der Waals surface area contributed by atoms with E-state index < -0.39 is 0 Å². The van der Waals surface area contributed by atoms with Gasteiger partial charge in [0.15, 0.2) is 0 Å². The van der Waals surface area contributed by atoms with Gasteiger partial charge in [-0.25, -0.2) is 0 Å². The van der Waals surface area contributed by atoms with Crippen molar-refractivity contribution in [1.82, 2.24) is 4.90 Å². The first kappa shape index (κ1) is 13.2. The molecule has 3 heteroatoms. The maximum absolute atomic E-state index is 11.8. The zero-order valence-electron chi connectivity index (χ0n) is 9.66. The van der Waals surface area contributed by atoms with Gasteiger partial charge in [-0.1, -0.05) is 53.2 Å². The van der Waals surface area contributed by atoms with E-state index in [2.05, 4.69) is 35.0 Å². The van der Waals surface area contributed by atoms with Crippen LogP contribution in [0.5, 0.6) is 0 Å². The molecular formula is C13H18BrNO. The van der Waals surface area contributed by atoms with E-state index in [0.29, 0.717) is 6.42 Å². The lowest BCUT2D eigenvalue weighted by Crippen LogP contribution is -2.31. The number of carbonyl (C=O) groups is 1. The summed E-state index contributed by atoms with van der Waals surface area (Å²) in [5, 5.41) is 0.737. The predicted octanol–water partition coefficient (Wildman–Crippen LogP) is 3.21. The largest absolute Gasteiger partial charge is 0.338 e. The molecule has 1 aromatic carbocycles. The average Bonchev–Trinajstić information content (AvgIpc) is 2.30. The summed E-state index contributed by atoms with van der Waals surface area (Å²) in [7, 11) is 0. The van der Waals surface area contributed by atoms with E-state index in [-0.39, 0.29) is 5.91 Å². The second-order valence-electron chi connectivity index (χ2n) is 3.74. The molecule has 1 rings (SSSR count). The molecule has 0 unspecified atom stereocenters. The molecule has 1 amide bonds. The smallest absolute Gasteiger partial charge is 0.223 e. The number of nitrogens with zero attached hydrogens (tertiary/aromatic N) is 1. The van der Waals surface area contributed by atoms with Crippen molar-refractivity contribution in [3.05, 3.63) is 35.9 Å². The highest BCUT2D eigenvalue weighted by Crippen LogP contribution is 2.07. The van der Waals surface area contributed by atoms with E-state index >= 15 is 0 Å². The molecule has 0 aliphatic carbocycles. The highest BCUT2D eigenvalue weighted by molar-refractivity contribution is 9.09. The van der Waals surface area contributed by atoms with Crippen molar-refractivity contribution >= 4 is 21.8 Å². The lowest BCUT2D eigenvalue weighted by molar-refractivity contribution is -0.131. The van der Waals surface area contributed by atoms with E-state index in [4.69, 9.17) is 0 Å². The molecule has 0 heterocycles. The first-order valence-electron chi connectivity index (χ1n) is 5.65. The summed E-state index contributed by atoms with van der Waals surface area (Å²) >= 11 is 3.31. The molecular weight excluding hydrogens is 266 g/mol. The van der Waals surface area contributed by atoms with E-state index in [1.54, 1.807) is 0 Å². The minimum Gasteiger partial charge on any atom is -0.338 e. The Bertz CT molecular complexity index is 313. The van der Waals surface area contributed by atoms with Gasteiger partial charge >= 0.3 is 0 Å². The average molecular weight is 284 g/mol. The molecule has 0 aromatic heterocycles. The zero-order chi connectivity index (χ0) is 11.8. The van der Waals surface area contributed by atoms with Crippen LogP contribution in [-0.4, -0.2) is 22.7 Å². The van der Waals surface area contributed by atoms with Gasteiger partial charge in [0, 0.05) is 24.8 Å². The number of hydrogen-bond donors (Lipinski definition) is 0. The summed E-state index contributed by atoms with van der Waals surface area (Å²) in [4.78, 5) is 13.8. The van der Waals surface area contributed by atoms with Gasteiger partial charge in [-0.2, -0.15) is 0 Å². The van der Waals surface area contributed by atoms with Gasteiger partial charge in [-0.15, -0.1) is 0 Å². The summed E-state index contributed by atoms with van der Waals surface area (Å²) < 4.78 is 0. The van der Waals surface area contributed by atoms with Gasteiger partial charge in [-0.3, -0.25) is 4.79 Å². The van der Waals surface area contributed by atoms with Crippen molar-refractivity contribution < 1.29 is 4.79 Å². The Morgan fingerprint density at radius 1 is 1.31 bits per heavy atom. The van der Waals surface area contributed by atoms with Crippen molar-refractivity contribution in [3.63, 3.8) is 0 Å². The van der Waals surface area contributed by atoms with Crippen molar-refractivity contribution in [2.75, 3.05) is 11.9 Å². The molecule has 2 nitrogen and oxygen atoms in total. The number of rotatable bonds is 6. The quantitative estimate of drug-likeness (QED) is 0.734. The second-order valence-corrected chi connectivity index (χ2v) is 4.53. The second kappa shape index (κ2) is 7.44. The third-order valence-corrected chi connectivity index (χ3v) is 2.77. The topological polar surface area (TPSA) is 20.3 Å². The molecule has 0 spiro atoms. The fraction of sp³-hybridized carbons (Fsp3) is 0.462. The number of halogens is 1. The normalized spacial score (nSPS) is 10.1. The molecule has 1 aromatic rings. The van der Waals surface area contributed by atoms with Crippen LogP contribution in [0, 0.1) is 0 Å². The Morgan fingerprint density at radius 3 is 2.56 bits per heavy atom. The van der Waals surface area contributed by atoms with Crippen LogP contribution in [0.25, 0.3) is 0 Å². The standard InChI is InChI=1S/C13H18BrNO/c1-2-10-15(13(16)8-9-14)11-12-6-4-3-5-7-12/h3-7H,2,8-11H2,1H3. The fourth-order valence-electron chi connectivity index (χ4n) is 1.60. The lowest BCUT2D eigenvalue weighted by Gasteiger charge is -2.22. The number of carbonyl (C=O) groups excluding carboxylic acids is 1. The molecule has 0 N–H and O–H groups in total. The Kier molecular flexibility index (Phi) is 6.16. The lowest BCUT2D eigenvalue weighted by atomic mass is 10.2. The molecule has 0 saturated carbocycles. The monoisotopic (exact) mass is 283 g/mol. The maximum Gasteiger partial charge on any atom is 0.223 e. The molecule has 88 valence electrons. The Morgan fingerprint density at radius 2 is 2.00 bits per heavy atom. The van der Waals surface area contributed by atoms with Crippen molar-refractivity contribution in [3.8, 4) is 0 Å². The van der Waals surface area contributed by atoms with Crippen LogP contribution in [0.1, 0.15) is 25.3 Å². The molecule has 0 fully saturated rings. The van der Waals surface area contributed by atoms with Crippen molar-refractivity contribution in [2.45, 2.75) is 26.3 Å². The molecule has 0 saturated heterocycles. The Hall–Kier alpha value is -0.830. The fourth-order valence-corrected chi connectivity index (χ4v) is 1.94. The van der Waals surface area contributed by atoms with Crippen LogP contribution in [-0.2, 0) is 11.3 Å². The Labute approximate surface area is 106 Å². The number of amides is 1. The van der Waals surface area contributed by atoms with E-state index in [9.17, 15) is 4.79 Å². The molecule has 0 bridgehead atoms. The van der Waals surface area contributed by atoms with Crippen LogP contribution < -0.4 is 0 Å². The summed E-state index contributed by atoms with van der Waals surface area (Å²) in [6.07, 6.45) is 1.58. The zero-order valence-corrected chi connectivity index (χ0v) is 11.2. The van der Waals surface area contributed by atoms with Crippen LogP contribution >= 0.6 is 15.9 Å². The molecule has 0 aliphatic heterocycles. The van der Waals surface area contributed by atoms with Gasteiger partial charge < -0.3 is 4.90 Å². The van der Waals surface area contributed by atoms with Gasteiger partial charge in [0.2, 0.25) is 5.91 Å². The first-order chi connectivity index (χ1) is 7.77. The number of hydrogen-bond acceptors (Lipinski definition) is 1. The summed E-state index contributed by atoms with van der Waals surface area (Å²) in [5.74, 6) is 0.225. The molecule has 0 atom stereocenters. The van der Waals surface area contributed by atoms with Crippen molar-refractivity contribution in [1.29, 1.82) is 0 Å². The van der Waals surface area contributed by atoms with Gasteiger partial charge in [0.25, 0.3) is 0 Å². The first-order valence-corrected chi connectivity index (χ1v) is 6.77. The third kappa shape index (κ3) is 4.35. The third-order valence-electron chi connectivity index (χ3n) is 2.37. The van der Waals surface area contributed by atoms with Gasteiger partial charge in [0.05, 0.1) is 0 Å². The van der Waals surface area contributed by atoms with E-state index in [0.717, 1.165) is 24.8 Å². The summed E-state index contributed by atoms with van der Waals surface area (Å²) in [5.41, 5.74) is 1.19. The van der Waals surface area contributed by atoms with Gasteiger partial charge in [-0.05, 0) is 12.0 Å². The van der Waals surface area contributed by atoms with Crippen molar-refractivity contribution in [2.24, 2.45) is 0 Å².